The molecule has 3 N–H and O–H groups in total. The highest BCUT2D eigenvalue weighted by atomic mass is 16.6. The van der Waals surface area contributed by atoms with Crippen LogP contribution in [0.5, 0.6) is 0 Å². The maximum Gasteiger partial charge on any atom is 0.412 e. The molecule has 2 aliphatic heterocycles. The van der Waals surface area contributed by atoms with Gasteiger partial charge in [0.15, 0.2) is 5.60 Å². The number of amides is 4. The number of benzene rings is 2. The number of aryl methyl sites for hydroxylation is 1. The monoisotopic (exact) mass is 520 g/mol. The number of carboxylic acid groups (broad SMARTS) is 1. The molecule has 200 valence electrons. The summed E-state index contributed by atoms with van der Waals surface area (Å²) in [6.45, 7) is 2.71. The van der Waals surface area contributed by atoms with Gasteiger partial charge in [0.25, 0.3) is 5.91 Å². The zero-order valence-corrected chi connectivity index (χ0v) is 21.5. The summed E-state index contributed by atoms with van der Waals surface area (Å²) in [5.74, 6) is -0.195. The van der Waals surface area contributed by atoms with Crippen LogP contribution in [0.4, 0.5) is 21.0 Å². The van der Waals surface area contributed by atoms with Crippen LogP contribution in [0.3, 0.4) is 0 Å². The van der Waals surface area contributed by atoms with Gasteiger partial charge in [0.05, 0.1) is 12.2 Å². The Balaban J connectivity index is 1.34. The van der Waals surface area contributed by atoms with Gasteiger partial charge in [0, 0.05) is 30.4 Å². The van der Waals surface area contributed by atoms with Crippen molar-refractivity contribution in [3.05, 3.63) is 59.2 Å². The third kappa shape index (κ3) is 5.16. The summed E-state index contributed by atoms with van der Waals surface area (Å²) in [6.07, 6.45) is 2.23. The van der Waals surface area contributed by atoms with Gasteiger partial charge < -0.3 is 20.1 Å². The molecule has 5 rings (SSSR count). The fourth-order valence-corrected chi connectivity index (χ4v) is 5.34. The number of nitrogens with one attached hydrogen (secondary N) is 2. The first-order valence-electron chi connectivity index (χ1n) is 12.9. The van der Waals surface area contributed by atoms with Crippen LogP contribution in [-0.2, 0) is 15.1 Å². The van der Waals surface area contributed by atoms with Crippen LogP contribution in [0, 0.1) is 12.8 Å². The van der Waals surface area contributed by atoms with Gasteiger partial charge in [-0.1, -0.05) is 24.5 Å². The fourth-order valence-electron chi connectivity index (χ4n) is 5.34. The molecule has 2 heterocycles. The molecule has 0 aromatic heterocycles. The summed E-state index contributed by atoms with van der Waals surface area (Å²) in [4.78, 5) is 53.3. The molecule has 0 unspecified atom stereocenters. The molecule has 0 radical (unpaired) electrons. The first-order valence-corrected chi connectivity index (χ1v) is 12.9. The smallest absolute Gasteiger partial charge is 0.412 e. The second kappa shape index (κ2) is 10.00. The molecule has 1 spiro atoms. The molecule has 4 amide bonds. The Morgan fingerprint density at radius 2 is 1.95 bits per heavy atom. The highest BCUT2D eigenvalue weighted by Gasteiger charge is 2.47. The second-order valence-electron chi connectivity index (χ2n) is 10.5. The van der Waals surface area contributed by atoms with Crippen molar-refractivity contribution in [1.29, 1.82) is 0 Å². The van der Waals surface area contributed by atoms with Crippen LogP contribution in [0.15, 0.2) is 42.5 Å². The number of piperidine rings is 1. The van der Waals surface area contributed by atoms with E-state index in [0.717, 1.165) is 28.9 Å². The van der Waals surface area contributed by atoms with Crippen molar-refractivity contribution in [2.24, 2.45) is 5.92 Å². The van der Waals surface area contributed by atoms with Crippen LogP contribution in [-0.4, -0.2) is 60.2 Å². The standard InChI is InChI=1S/C28H32N4O6/c1-17-4-11-22-21(14-17)28(38-26(35)30-22)12-3-13-32(16-28)25(34)23(15-18-5-6-18)29-24(33)19-7-9-20(10-8-19)31(2)27(36)37/h4,7-11,14,18,23H,3,5-6,12-13,15-16H2,1-2H3,(H,29,33)(H,30,35)(H,36,37)/t23-,28-/m0/s1. The van der Waals surface area contributed by atoms with Crippen LogP contribution < -0.4 is 15.5 Å². The Labute approximate surface area is 220 Å². The second-order valence-corrected chi connectivity index (χ2v) is 10.5. The van der Waals surface area contributed by atoms with Gasteiger partial charge in [0.1, 0.15) is 6.04 Å². The Morgan fingerprint density at radius 1 is 1.21 bits per heavy atom. The first kappa shape index (κ1) is 25.6. The Kier molecular flexibility index (Phi) is 6.73. The number of likely N-dealkylation sites (tertiary alicyclic amines) is 1. The Bertz CT molecular complexity index is 1270. The van der Waals surface area contributed by atoms with E-state index in [4.69, 9.17) is 9.84 Å². The minimum Gasteiger partial charge on any atom is -0.465 e. The predicted molar refractivity (Wildman–Crippen MR) is 140 cm³/mol. The van der Waals surface area contributed by atoms with Gasteiger partial charge in [-0.2, -0.15) is 0 Å². The molecule has 2 fully saturated rings. The molecular weight excluding hydrogens is 488 g/mol. The van der Waals surface area contributed by atoms with E-state index in [1.807, 2.05) is 25.1 Å². The number of nitrogens with zero attached hydrogens (tertiary/aromatic N) is 2. The van der Waals surface area contributed by atoms with E-state index < -0.39 is 29.7 Å². The maximum absolute atomic E-state index is 13.8. The summed E-state index contributed by atoms with van der Waals surface area (Å²) in [5, 5.41) is 14.8. The van der Waals surface area contributed by atoms with E-state index in [9.17, 15) is 19.2 Å². The van der Waals surface area contributed by atoms with Crippen molar-refractivity contribution in [3.63, 3.8) is 0 Å². The number of fused-ring (bicyclic) bond motifs is 2. The minimum absolute atomic E-state index is 0.185. The SMILES string of the molecule is Cc1ccc2c(c1)[C@@]1(CCCN(C(=O)[C@H](CC3CC3)NC(=O)c3ccc(N(C)C(=O)O)cc3)C1)OC(=O)N2. The molecular formula is C28H32N4O6. The number of carbonyl (C=O) groups is 4. The molecule has 10 nitrogen and oxygen atoms in total. The van der Waals surface area contributed by atoms with Crippen molar-refractivity contribution in [3.8, 4) is 0 Å². The quantitative estimate of drug-likeness (QED) is 0.526. The molecule has 1 saturated carbocycles. The lowest BCUT2D eigenvalue weighted by atomic mass is 9.82. The van der Waals surface area contributed by atoms with Crippen molar-refractivity contribution in [2.45, 2.75) is 50.7 Å². The molecule has 1 aliphatic carbocycles. The molecule has 10 heteroatoms. The maximum atomic E-state index is 13.8. The average Bonchev–Trinajstić information content (AvgIpc) is 3.72. The third-order valence-electron chi connectivity index (χ3n) is 7.63. The summed E-state index contributed by atoms with van der Waals surface area (Å²) >= 11 is 0. The van der Waals surface area contributed by atoms with Crippen molar-refractivity contribution < 1.29 is 29.0 Å². The van der Waals surface area contributed by atoms with Gasteiger partial charge in [-0.05, 0) is 68.5 Å². The lowest BCUT2D eigenvalue weighted by molar-refractivity contribution is -0.141. The third-order valence-corrected chi connectivity index (χ3v) is 7.63. The zero-order chi connectivity index (χ0) is 27.0. The van der Waals surface area contributed by atoms with E-state index in [1.54, 1.807) is 29.2 Å². The lowest BCUT2D eigenvalue weighted by Crippen LogP contribution is -2.57. The molecule has 3 aliphatic rings. The number of hydrogen-bond acceptors (Lipinski definition) is 5. The van der Waals surface area contributed by atoms with Gasteiger partial charge >= 0.3 is 12.2 Å². The molecule has 1 saturated heterocycles. The minimum atomic E-state index is -1.10. The highest BCUT2D eigenvalue weighted by molar-refractivity contribution is 5.98. The number of hydrogen-bond donors (Lipinski definition) is 3. The fraction of sp³-hybridized carbons (Fsp3) is 0.429. The van der Waals surface area contributed by atoms with Gasteiger partial charge in [0.2, 0.25) is 5.91 Å². The molecule has 38 heavy (non-hydrogen) atoms. The van der Waals surface area contributed by atoms with Crippen molar-refractivity contribution in [2.75, 3.05) is 30.4 Å². The van der Waals surface area contributed by atoms with Gasteiger partial charge in [-0.15, -0.1) is 0 Å². The number of rotatable bonds is 6. The van der Waals surface area contributed by atoms with E-state index in [1.165, 1.54) is 7.05 Å². The zero-order valence-electron chi connectivity index (χ0n) is 21.5. The summed E-state index contributed by atoms with van der Waals surface area (Å²) in [6, 6.07) is 11.3. The topological polar surface area (TPSA) is 128 Å². The Morgan fingerprint density at radius 3 is 2.63 bits per heavy atom. The molecule has 2 aromatic rings. The average molecular weight is 521 g/mol. The van der Waals surface area contributed by atoms with Crippen molar-refractivity contribution >= 4 is 35.4 Å². The van der Waals surface area contributed by atoms with E-state index in [-0.39, 0.29) is 12.5 Å². The van der Waals surface area contributed by atoms with Crippen LogP contribution >= 0.6 is 0 Å². The van der Waals surface area contributed by atoms with E-state index in [0.29, 0.717) is 48.7 Å². The predicted octanol–water partition coefficient (Wildman–Crippen LogP) is 4.09. The largest absolute Gasteiger partial charge is 0.465 e. The molecule has 2 aromatic carbocycles. The summed E-state index contributed by atoms with van der Waals surface area (Å²) in [5.41, 5.74) is 2.44. The summed E-state index contributed by atoms with van der Waals surface area (Å²) < 4.78 is 5.87. The first-order chi connectivity index (χ1) is 18.1. The van der Waals surface area contributed by atoms with Crippen molar-refractivity contribution in [1.82, 2.24) is 10.2 Å². The normalized spacial score (nSPS) is 21.1. The van der Waals surface area contributed by atoms with Gasteiger partial charge in [-0.3, -0.25) is 19.8 Å². The van der Waals surface area contributed by atoms with Gasteiger partial charge in [-0.25, -0.2) is 9.59 Å². The highest BCUT2D eigenvalue weighted by Crippen LogP contribution is 2.43. The van der Waals surface area contributed by atoms with E-state index >= 15 is 0 Å². The van der Waals surface area contributed by atoms with Crippen LogP contribution in [0.2, 0.25) is 0 Å². The Hall–Kier alpha value is -4.08. The van der Waals surface area contributed by atoms with E-state index in [2.05, 4.69) is 10.6 Å². The summed E-state index contributed by atoms with van der Waals surface area (Å²) in [7, 11) is 1.42. The van der Waals surface area contributed by atoms with Crippen LogP contribution in [0.1, 0.15) is 53.6 Å². The number of anilines is 2. The van der Waals surface area contributed by atoms with Crippen LogP contribution in [0.25, 0.3) is 0 Å². The number of carbonyl (C=O) groups excluding carboxylic acids is 3. The number of ether oxygens (including phenoxy) is 1. The lowest BCUT2D eigenvalue weighted by Gasteiger charge is -2.45. The molecule has 0 bridgehead atoms. The molecule has 2 atom stereocenters.